The Kier molecular flexibility index (Phi) is 9.14. The van der Waals surface area contributed by atoms with E-state index in [0.29, 0.717) is 28.1 Å². The van der Waals surface area contributed by atoms with Crippen molar-refractivity contribution in [2.24, 2.45) is 0 Å². The minimum Gasteiger partial charge on any atom is -0.497 e. The fourth-order valence-electron chi connectivity index (χ4n) is 2.75. The number of nitrogens with one attached hydrogen (secondary N) is 1. The van der Waals surface area contributed by atoms with Crippen molar-refractivity contribution < 1.29 is 14.3 Å². The number of carbonyl (C=O) groups excluding carboxylic acids is 2. The predicted molar refractivity (Wildman–Crippen MR) is 120 cm³/mol. The van der Waals surface area contributed by atoms with E-state index in [1.54, 1.807) is 44.2 Å². The summed E-state index contributed by atoms with van der Waals surface area (Å²) in [6, 6.07) is 12.2. The molecule has 0 saturated heterocycles. The molecule has 5 nitrogen and oxygen atoms in total. The van der Waals surface area contributed by atoms with Crippen LogP contribution in [0.1, 0.15) is 18.1 Å². The highest BCUT2D eigenvalue weighted by atomic mass is 35.5. The van der Waals surface area contributed by atoms with Gasteiger partial charge in [0.05, 0.1) is 12.9 Å². The van der Waals surface area contributed by atoms with E-state index in [0.717, 1.165) is 11.1 Å². The molecule has 2 amide bonds. The lowest BCUT2D eigenvalue weighted by molar-refractivity contribution is -0.138. The van der Waals surface area contributed by atoms with E-state index in [4.69, 9.17) is 27.9 Å². The Bertz CT molecular complexity index is 843. The Morgan fingerprint density at radius 1 is 1.17 bits per heavy atom. The summed E-state index contributed by atoms with van der Waals surface area (Å²) in [6.07, 6.45) is 0. The van der Waals surface area contributed by atoms with Gasteiger partial charge >= 0.3 is 0 Å². The smallest absolute Gasteiger partial charge is 0.242 e. The molecule has 156 valence electrons. The van der Waals surface area contributed by atoms with Crippen LogP contribution >= 0.6 is 35.0 Å². The fraction of sp³-hybridized carbons (Fsp3) is 0.333. The molecule has 0 unspecified atom stereocenters. The maximum Gasteiger partial charge on any atom is 0.242 e. The third-order valence-electron chi connectivity index (χ3n) is 4.43. The first-order valence-corrected chi connectivity index (χ1v) is 10.9. The van der Waals surface area contributed by atoms with Gasteiger partial charge in [0.2, 0.25) is 11.8 Å². The summed E-state index contributed by atoms with van der Waals surface area (Å²) in [5, 5.41) is 3.75. The topological polar surface area (TPSA) is 58.6 Å². The summed E-state index contributed by atoms with van der Waals surface area (Å²) < 4.78 is 5.25. The van der Waals surface area contributed by atoms with Gasteiger partial charge in [-0.05, 0) is 42.3 Å². The quantitative estimate of drug-likeness (QED) is 0.609. The van der Waals surface area contributed by atoms with Crippen molar-refractivity contribution in [3.8, 4) is 5.75 Å². The highest BCUT2D eigenvalue weighted by molar-refractivity contribution is 7.99. The summed E-state index contributed by atoms with van der Waals surface area (Å²) in [7, 11) is 3.15. The highest BCUT2D eigenvalue weighted by Crippen LogP contribution is 2.28. The SMILES string of the molecule is CNC(=O)[C@H](C)N(Cc1cccc(OC)c1)C(=O)CSCc1c(Cl)cccc1Cl. The molecule has 0 aliphatic carbocycles. The molecule has 2 aromatic rings. The zero-order chi connectivity index (χ0) is 21.4. The van der Waals surface area contributed by atoms with Gasteiger partial charge in [0, 0.05) is 29.4 Å². The summed E-state index contributed by atoms with van der Waals surface area (Å²) in [5.41, 5.74) is 1.68. The number of halogens is 2. The summed E-state index contributed by atoms with van der Waals surface area (Å²) >= 11 is 13.8. The molecule has 0 aromatic heterocycles. The van der Waals surface area contributed by atoms with Gasteiger partial charge in [0.15, 0.2) is 0 Å². The molecule has 0 bridgehead atoms. The molecule has 8 heteroatoms. The number of benzene rings is 2. The number of nitrogens with zero attached hydrogens (tertiary/aromatic N) is 1. The van der Waals surface area contributed by atoms with Crippen LogP contribution in [0.25, 0.3) is 0 Å². The van der Waals surface area contributed by atoms with E-state index < -0.39 is 6.04 Å². The second kappa shape index (κ2) is 11.3. The largest absolute Gasteiger partial charge is 0.497 e. The van der Waals surface area contributed by atoms with Gasteiger partial charge in [-0.2, -0.15) is 0 Å². The van der Waals surface area contributed by atoms with E-state index >= 15 is 0 Å². The van der Waals surface area contributed by atoms with Gasteiger partial charge in [0.1, 0.15) is 11.8 Å². The molecule has 0 saturated carbocycles. The van der Waals surface area contributed by atoms with Crippen LogP contribution in [0, 0.1) is 0 Å². The number of ether oxygens (including phenoxy) is 1. The van der Waals surface area contributed by atoms with Crippen LogP contribution in [-0.2, 0) is 21.9 Å². The monoisotopic (exact) mass is 454 g/mol. The first-order chi connectivity index (χ1) is 13.9. The van der Waals surface area contributed by atoms with Crippen LogP contribution in [-0.4, -0.2) is 42.7 Å². The summed E-state index contributed by atoms with van der Waals surface area (Å²) in [6.45, 7) is 2.02. The van der Waals surface area contributed by atoms with Crippen molar-refractivity contribution >= 4 is 46.8 Å². The van der Waals surface area contributed by atoms with Gasteiger partial charge in [-0.3, -0.25) is 9.59 Å². The summed E-state index contributed by atoms with van der Waals surface area (Å²) in [5.74, 6) is 1.04. The zero-order valence-electron chi connectivity index (χ0n) is 16.6. The van der Waals surface area contributed by atoms with Gasteiger partial charge in [-0.15, -0.1) is 11.8 Å². The standard InChI is InChI=1S/C21H24Cl2N2O3S/c1-14(21(27)24-2)25(11-15-6-4-7-16(10-15)28-3)20(26)13-29-12-17-18(22)8-5-9-19(17)23/h4-10,14H,11-13H2,1-3H3,(H,24,27)/t14-/m0/s1. The van der Waals surface area contributed by atoms with Crippen LogP contribution in [0.4, 0.5) is 0 Å². The van der Waals surface area contributed by atoms with E-state index in [9.17, 15) is 9.59 Å². The predicted octanol–water partition coefficient (Wildman–Crippen LogP) is 4.40. The first kappa shape index (κ1) is 23.4. The number of likely N-dealkylation sites (N-methyl/N-ethyl adjacent to an activating group) is 1. The molecular formula is C21H24Cl2N2O3S. The molecule has 0 spiro atoms. The molecule has 1 N–H and O–H groups in total. The van der Waals surface area contributed by atoms with Crippen molar-refractivity contribution in [2.45, 2.75) is 25.3 Å². The Morgan fingerprint density at radius 2 is 1.83 bits per heavy atom. The number of hydrogen-bond donors (Lipinski definition) is 1. The van der Waals surface area contributed by atoms with E-state index in [1.165, 1.54) is 11.8 Å². The van der Waals surface area contributed by atoms with Crippen LogP contribution in [0.15, 0.2) is 42.5 Å². The molecule has 0 heterocycles. The Hall–Kier alpha value is -1.89. The lowest BCUT2D eigenvalue weighted by atomic mass is 10.1. The average Bonchev–Trinajstić information content (AvgIpc) is 2.73. The second-order valence-corrected chi connectivity index (χ2v) is 8.16. The van der Waals surface area contributed by atoms with Crippen molar-refractivity contribution in [3.05, 3.63) is 63.6 Å². The molecule has 0 radical (unpaired) electrons. The molecule has 29 heavy (non-hydrogen) atoms. The third-order valence-corrected chi connectivity index (χ3v) is 6.09. The van der Waals surface area contributed by atoms with Crippen molar-refractivity contribution in [1.82, 2.24) is 10.2 Å². The van der Waals surface area contributed by atoms with E-state index in [2.05, 4.69) is 5.32 Å². The van der Waals surface area contributed by atoms with Gasteiger partial charge < -0.3 is 15.0 Å². The molecule has 0 fully saturated rings. The lowest BCUT2D eigenvalue weighted by Crippen LogP contribution is -2.47. The van der Waals surface area contributed by atoms with Gasteiger partial charge in [0.25, 0.3) is 0 Å². The van der Waals surface area contributed by atoms with E-state index in [1.807, 2.05) is 24.3 Å². The normalized spacial score (nSPS) is 11.6. The number of rotatable bonds is 9. The Morgan fingerprint density at radius 3 is 2.45 bits per heavy atom. The van der Waals surface area contributed by atoms with Crippen molar-refractivity contribution in [3.63, 3.8) is 0 Å². The molecule has 0 aliphatic rings. The molecule has 0 aliphatic heterocycles. The number of thioether (sulfide) groups is 1. The maximum absolute atomic E-state index is 13.0. The average molecular weight is 455 g/mol. The van der Waals surface area contributed by atoms with Crippen molar-refractivity contribution in [2.75, 3.05) is 19.9 Å². The van der Waals surface area contributed by atoms with Gasteiger partial charge in [-0.1, -0.05) is 41.4 Å². The number of carbonyl (C=O) groups is 2. The van der Waals surface area contributed by atoms with Crippen molar-refractivity contribution in [1.29, 1.82) is 0 Å². The first-order valence-electron chi connectivity index (χ1n) is 9.02. The second-order valence-electron chi connectivity index (χ2n) is 6.36. The number of hydrogen-bond acceptors (Lipinski definition) is 4. The number of amides is 2. The van der Waals surface area contributed by atoms with E-state index in [-0.39, 0.29) is 17.6 Å². The maximum atomic E-state index is 13.0. The van der Waals surface area contributed by atoms with Crippen LogP contribution < -0.4 is 10.1 Å². The Labute approximate surface area is 185 Å². The molecular weight excluding hydrogens is 431 g/mol. The highest BCUT2D eigenvalue weighted by Gasteiger charge is 2.25. The minimum atomic E-state index is -0.608. The van der Waals surface area contributed by atoms with Gasteiger partial charge in [-0.25, -0.2) is 0 Å². The molecule has 1 atom stereocenters. The summed E-state index contributed by atoms with van der Waals surface area (Å²) in [4.78, 5) is 26.7. The zero-order valence-corrected chi connectivity index (χ0v) is 18.9. The van der Waals surface area contributed by atoms with Crippen LogP contribution in [0.5, 0.6) is 5.75 Å². The fourth-order valence-corrected chi connectivity index (χ4v) is 4.40. The number of methoxy groups -OCH3 is 1. The Balaban J connectivity index is 2.10. The van der Waals surface area contributed by atoms with Crippen LogP contribution in [0.2, 0.25) is 10.0 Å². The molecule has 2 rings (SSSR count). The third kappa shape index (κ3) is 6.56. The molecule has 2 aromatic carbocycles. The van der Waals surface area contributed by atoms with Crippen LogP contribution in [0.3, 0.4) is 0 Å². The lowest BCUT2D eigenvalue weighted by Gasteiger charge is -2.28. The minimum absolute atomic E-state index is 0.142.